The number of ether oxygens (including phenoxy) is 2. The van der Waals surface area contributed by atoms with Crippen LogP contribution in [-0.2, 0) is 4.79 Å². The number of rotatable bonds is 2. The fourth-order valence-corrected chi connectivity index (χ4v) is 1.43. The molecule has 0 spiro atoms. The normalized spacial score (nSPS) is 12.9. The van der Waals surface area contributed by atoms with Crippen LogP contribution >= 0.6 is 0 Å². The lowest BCUT2D eigenvalue weighted by atomic mass is 10.2. The van der Waals surface area contributed by atoms with Gasteiger partial charge in [0.25, 0.3) is 5.91 Å². The van der Waals surface area contributed by atoms with Gasteiger partial charge in [0.05, 0.1) is 19.4 Å². The molecule has 0 bridgehead atoms. The summed E-state index contributed by atoms with van der Waals surface area (Å²) in [6.45, 7) is 0. The van der Waals surface area contributed by atoms with E-state index in [-0.39, 0.29) is 5.91 Å². The lowest BCUT2D eigenvalue weighted by Crippen LogP contribution is -2.25. The van der Waals surface area contributed by atoms with Crippen LogP contribution in [0.5, 0.6) is 11.5 Å². The molecule has 72 valence electrons. The average molecular weight is 191 g/mol. The predicted octanol–water partition coefficient (Wildman–Crippen LogP) is -0.356. The monoisotopic (exact) mass is 191 g/mol. The molecule has 0 unspecified atom stereocenters. The van der Waals surface area contributed by atoms with Crippen molar-refractivity contribution in [3.63, 3.8) is 0 Å². The topological polar surface area (TPSA) is 47.9 Å². The van der Waals surface area contributed by atoms with Crippen molar-refractivity contribution >= 4 is 12.0 Å². The van der Waals surface area contributed by atoms with Gasteiger partial charge < -0.3 is 9.47 Å². The molecule has 0 atom stereocenters. The minimum atomic E-state index is -0.275. The summed E-state index contributed by atoms with van der Waals surface area (Å²) in [5.74, 6) is 0.945. The summed E-state index contributed by atoms with van der Waals surface area (Å²) in [6.07, 6.45) is 1.44. The molecule has 2 rings (SSSR count). The number of fused-ring (bicyclic) bond motifs is 1. The van der Waals surface area contributed by atoms with Gasteiger partial charge in [0.15, 0.2) is 0 Å². The van der Waals surface area contributed by atoms with Crippen LogP contribution in [0.25, 0.3) is 6.08 Å². The van der Waals surface area contributed by atoms with Crippen LogP contribution in [0.4, 0.5) is 0 Å². The maximum absolute atomic E-state index is 11.1. The zero-order valence-electron chi connectivity index (χ0n) is 7.90. The Hall–Kier alpha value is -1.84. The number of amides is 1. The predicted molar refractivity (Wildman–Crippen MR) is 49.8 cm³/mol. The molecule has 0 saturated carbocycles. The van der Waals surface area contributed by atoms with Gasteiger partial charge in [-0.2, -0.15) is 0 Å². The van der Waals surface area contributed by atoms with E-state index in [2.05, 4.69) is 4.99 Å². The second kappa shape index (κ2) is 3.14. The van der Waals surface area contributed by atoms with Gasteiger partial charge in [-0.05, 0) is 12.1 Å². The molecule has 0 radical (unpaired) electrons. The molecule has 1 aliphatic heterocycles. The number of methoxy groups -OCH3 is 2. The van der Waals surface area contributed by atoms with E-state index in [0.29, 0.717) is 22.1 Å². The fourth-order valence-electron chi connectivity index (χ4n) is 1.43. The van der Waals surface area contributed by atoms with Crippen molar-refractivity contribution in [2.45, 2.75) is 0 Å². The average Bonchev–Trinajstić information content (AvgIpc) is 2.57. The molecular weight excluding hydrogens is 182 g/mol. The van der Waals surface area contributed by atoms with Crippen LogP contribution in [0.15, 0.2) is 17.1 Å². The summed E-state index contributed by atoms with van der Waals surface area (Å²) in [4.78, 5) is 14.9. The van der Waals surface area contributed by atoms with E-state index in [1.54, 1.807) is 26.4 Å². The Morgan fingerprint density at radius 3 is 2.43 bits per heavy atom. The van der Waals surface area contributed by atoms with Gasteiger partial charge in [0.2, 0.25) is 0 Å². The Bertz CT molecular complexity index is 460. The molecule has 4 heteroatoms. The van der Waals surface area contributed by atoms with Crippen LogP contribution in [0, 0.1) is 0 Å². The Morgan fingerprint density at radius 1 is 1.14 bits per heavy atom. The van der Waals surface area contributed by atoms with E-state index < -0.39 is 0 Å². The van der Waals surface area contributed by atoms with Crippen molar-refractivity contribution < 1.29 is 14.3 Å². The Labute approximate surface area is 80.5 Å². The summed E-state index contributed by atoms with van der Waals surface area (Å²) in [5.41, 5.74) is 0. The lowest BCUT2D eigenvalue weighted by Gasteiger charge is -2.02. The first-order valence-electron chi connectivity index (χ1n) is 4.11. The maximum Gasteiger partial charge on any atom is 0.271 e. The van der Waals surface area contributed by atoms with E-state index in [9.17, 15) is 4.79 Å². The third-order valence-corrected chi connectivity index (χ3v) is 2.07. The molecule has 0 saturated heterocycles. The van der Waals surface area contributed by atoms with Crippen molar-refractivity contribution in [2.24, 2.45) is 4.99 Å². The van der Waals surface area contributed by atoms with E-state index in [0.717, 1.165) is 0 Å². The Morgan fingerprint density at radius 2 is 1.79 bits per heavy atom. The molecule has 14 heavy (non-hydrogen) atoms. The molecule has 0 fully saturated rings. The van der Waals surface area contributed by atoms with Crippen LogP contribution in [0.3, 0.4) is 0 Å². The molecule has 0 N–H and O–H groups in total. The van der Waals surface area contributed by atoms with Crippen molar-refractivity contribution in [1.29, 1.82) is 0 Å². The summed E-state index contributed by atoms with van der Waals surface area (Å²) in [6, 6.07) is 3.48. The van der Waals surface area contributed by atoms with Crippen LogP contribution in [0.1, 0.15) is 0 Å². The number of hydrogen-bond acceptors (Lipinski definition) is 3. The van der Waals surface area contributed by atoms with Gasteiger partial charge in [-0.3, -0.25) is 4.79 Å². The Balaban J connectivity index is 2.82. The summed E-state index contributed by atoms with van der Waals surface area (Å²) in [5, 5.41) is 1.24. The largest absolute Gasteiger partial charge is 0.496 e. The van der Waals surface area contributed by atoms with Gasteiger partial charge in [0, 0.05) is 6.08 Å². The highest BCUT2D eigenvalue weighted by Crippen LogP contribution is 2.08. The second-order valence-corrected chi connectivity index (χ2v) is 2.83. The Kier molecular flexibility index (Phi) is 1.96. The first kappa shape index (κ1) is 8.74. The smallest absolute Gasteiger partial charge is 0.271 e. The van der Waals surface area contributed by atoms with Gasteiger partial charge >= 0.3 is 0 Å². The highest BCUT2D eigenvalue weighted by atomic mass is 16.5. The standard InChI is InChI=1S/C10H9NO3/c1-13-7-3-4-8(14-2)10-6(7)5-9(12)11-10/h3-5H,1-2H3. The van der Waals surface area contributed by atoms with Crippen LogP contribution in [-0.4, -0.2) is 20.1 Å². The number of benzene rings is 1. The maximum atomic E-state index is 11.1. The van der Waals surface area contributed by atoms with E-state index in [1.807, 2.05) is 0 Å². The first-order chi connectivity index (χ1) is 6.76. The highest BCUT2D eigenvalue weighted by molar-refractivity contribution is 6.06. The van der Waals surface area contributed by atoms with Crippen molar-refractivity contribution in [3.05, 3.63) is 22.7 Å². The third-order valence-electron chi connectivity index (χ3n) is 2.07. The first-order valence-corrected chi connectivity index (χ1v) is 4.11. The summed E-state index contributed by atoms with van der Waals surface area (Å²) < 4.78 is 10.2. The summed E-state index contributed by atoms with van der Waals surface area (Å²) >= 11 is 0. The molecule has 1 aliphatic rings. The zero-order chi connectivity index (χ0) is 10.1. The molecule has 1 heterocycles. The molecular formula is C10H9NO3. The van der Waals surface area contributed by atoms with E-state index in [4.69, 9.17) is 9.47 Å². The quantitative estimate of drug-likeness (QED) is 0.641. The molecule has 0 aliphatic carbocycles. The molecule has 4 nitrogen and oxygen atoms in total. The third kappa shape index (κ3) is 1.16. The number of nitrogens with zero attached hydrogens (tertiary/aromatic N) is 1. The fraction of sp³-hybridized carbons (Fsp3) is 0.200. The van der Waals surface area contributed by atoms with Crippen LogP contribution in [0.2, 0.25) is 0 Å². The van der Waals surface area contributed by atoms with E-state index in [1.165, 1.54) is 6.08 Å². The number of carbonyl (C=O) groups excluding carboxylic acids is 1. The number of carbonyl (C=O) groups is 1. The lowest BCUT2D eigenvalue weighted by molar-refractivity contribution is -0.112. The number of hydrogen-bond donors (Lipinski definition) is 0. The summed E-state index contributed by atoms with van der Waals surface area (Å²) in [7, 11) is 3.10. The van der Waals surface area contributed by atoms with Gasteiger partial charge in [0.1, 0.15) is 16.9 Å². The van der Waals surface area contributed by atoms with Gasteiger partial charge in [-0.1, -0.05) is 0 Å². The highest BCUT2D eigenvalue weighted by Gasteiger charge is 2.11. The van der Waals surface area contributed by atoms with Gasteiger partial charge in [-0.15, -0.1) is 0 Å². The second-order valence-electron chi connectivity index (χ2n) is 2.83. The molecule has 1 aromatic carbocycles. The minimum Gasteiger partial charge on any atom is -0.496 e. The van der Waals surface area contributed by atoms with Crippen molar-refractivity contribution in [1.82, 2.24) is 0 Å². The van der Waals surface area contributed by atoms with Gasteiger partial charge in [-0.25, -0.2) is 4.99 Å². The molecule has 0 aromatic heterocycles. The van der Waals surface area contributed by atoms with Crippen molar-refractivity contribution in [3.8, 4) is 11.5 Å². The molecule has 1 aromatic rings. The van der Waals surface area contributed by atoms with Crippen LogP contribution < -0.4 is 20.0 Å². The minimum absolute atomic E-state index is 0.275. The molecule has 1 amide bonds. The zero-order valence-corrected chi connectivity index (χ0v) is 7.90. The SMILES string of the molecule is COc1ccc(OC)c2c1=CC(=O)N=2. The van der Waals surface area contributed by atoms with Crippen molar-refractivity contribution in [2.75, 3.05) is 14.2 Å². The van der Waals surface area contributed by atoms with E-state index >= 15 is 0 Å².